The molecule has 9 nitrogen and oxygen atoms in total. The topological polar surface area (TPSA) is 135 Å². The number of aliphatic hydroxyl groups excluding tert-OH is 1. The number of thiazole rings is 1. The smallest absolute Gasteiger partial charge is 0.408 e. The Kier molecular flexibility index (Phi) is 10.6. The number of carbonyl (C=O) groups is 2. The molecule has 11 heteroatoms. The average Bonchev–Trinajstić information content (AvgIpc) is 3.40. The van der Waals surface area contributed by atoms with Crippen LogP contribution in [-0.2, 0) is 31.5 Å². The van der Waals surface area contributed by atoms with Crippen molar-refractivity contribution in [3.63, 3.8) is 0 Å². The molecule has 0 bridgehead atoms. The molecule has 0 saturated heterocycles. The number of benzene rings is 2. The molecular formula is C28H35N3O6S2. The number of nitrogens with one attached hydrogen (secondary N) is 2. The fraction of sp³-hybridized carbons (Fsp3) is 0.393. The van der Waals surface area contributed by atoms with Crippen molar-refractivity contribution in [1.29, 1.82) is 0 Å². The Morgan fingerprint density at radius 2 is 1.62 bits per heavy atom. The maximum absolute atomic E-state index is 13.5. The Balaban J connectivity index is 1.81. The minimum atomic E-state index is -3.83. The van der Waals surface area contributed by atoms with E-state index in [0.29, 0.717) is 23.4 Å². The van der Waals surface area contributed by atoms with Crippen LogP contribution in [0.3, 0.4) is 0 Å². The predicted molar refractivity (Wildman–Crippen MR) is 151 cm³/mol. The lowest BCUT2D eigenvalue weighted by Crippen LogP contribution is -2.54. The highest BCUT2D eigenvalue weighted by atomic mass is 32.2. The molecule has 3 N–H and O–H groups in total. The highest BCUT2D eigenvalue weighted by molar-refractivity contribution is 7.90. The first kappa shape index (κ1) is 30.3. The Morgan fingerprint density at radius 3 is 2.18 bits per heavy atom. The molecule has 2 aromatic carbocycles. The number of hydrogen-bond donors (Lipinski definition) is 3. The molecular weight excluding hydrogens is 538 g/mol. The lowest BCUT2D eigenvalue weighted by molar-refractivity contribution is -0.124. The molecule has 3 atom stereocenters. The molecule has 0 saturated carbocycles. The molecule has 3 rings (SSSR count). The summed E-state index contributed by atoms with van der Waals surface area (Å²) in [5, 5.41) is 18.4. The first-order valence-electron chi connectivity index (χ1n) is 12.6. The van der Waals surface area contributed by atoms with Gasteiger partial charge in [-0.05, 0) is 44.7 Å². The molecule has 0 aliphatic heterocycles. The number of carbonyl (C=O) groups excluding carboxylic acids is 2. The molecule has 2 amide bonds. The van der Waals surface area contributed by atoms with Crippen LogP contribution in [0.2, 0.25) is 0 Å². The van der Waals surface area contributed by atoms with Crippen LogP contribution in [0.1, 0.15) is 49.4 Å². The number of ether oxygens (including phenoxy) is 1. The number of rotatable bonds is 12. The lowest BCUT2D eigenvalue weighted by Gasteiger charge is -2.27. The minimum Gasteiger partial charge on any atom is -0.444 e. The van der Waals surface area contributed by atoms with Gasteiger partial charge >= 0.3 is 6.09 Å². The first-order valence-corrected chi connectivity index (χ1v) is 15.3. The van der Waals surface area contributed by atoms with Crippen LogP contribution >= 0.6 is 11.3 Å². The van der Waals surface area contributed by atoms with Crippen LogP contribution in [-0.4, -0.2) is 53.9 Å². The van der Waals surface area contributed by atoms with Gasteiger partial charge in [-0.2, -0.15) is 0 Å². The van der Waals surface area contributed by atoms with Gasteiger partial charge < -0.3 is 20.5 Å². The largest absolute Gasteiger partial charge is 0.444 e. The van der Waals surface area contributed by atoms with Crippen molar-refractivity contribution in [2.75, 3.05) is 5.75 Å². The summed E-state index contributed by atoms with van der Waals surface area (Å²) in [6.45, 7) is 4.99. The quantitative estimate of drug-likeness (QED) is 0.300. The summed E-state index contributed by atoms with van der Waals surface area (Å²) >= 11 is 1.25. The molecule has 1 aromatic heterocycles. The summed E-state index contributed by atoms with van der Waals surface area (Å²) in [5.74, 6) is -1.69. The van der Waals surface area contributed by atoms with Gasteiger partial charge in [0.2, 0.25) is 5.91 Å². The van der Waals surface area contributed by atoms with Gasteiger partial charge in [-0.25, -0.2) is 18.2 Å². The third-order valence-electron chi connectivity index (χ3n) is 5.66. The highest BCUT2D eigenvalue weighted by Gasteiger charge is 2.33. The zero-order valence-electron chi connectivity index (χ0n) is 22.2. The number of aliphatic hydroxyl groups is 1. The Morgan fingerprint density at radius 1 is 1.00 bits per heavy atom. The maximum atomic E-state index is 13.5. The van der Waals surface area contributed by atoms with E-state index in [2.05, 4.69) is 15.6 Å². The Hall–Kier alpha value is -3.28. The number of sulfone groups is 1. The van der Waals surface area contributed by atoms with Crippen molar-refractivity contribution in [3.8, 4) is 0 Å². The number of amides is 2. The van der Waals surface area contributed by atoms with Crippen LogP contribution in [0.25, 0.3) is 0 Å². The Bertz CT molecular complexity index is 1290. The Labute approximate surface area is 233 Å². The van der Waals surface area contributed by atoms with Gasteiger partial charge in [0.25, 0.3) is 0 Å². The molecule has 210 valence electrons. The van der Waals surface area contributed by atoms with Crippen molar-refractivity contribution in [2.24, 2.45) is 0 Å². The molecule has 0 aliphatic carbocycles. The predicted octanol–water partition coefficient (Wildman–Crippen LogP) is 3.80. The second kappa shape index (κ2) is 13.7. The van der Waals surface area contributed by atoms with Crippen LogP contribution in [0.5, 0.6) is 0 Å². The number of aryl methyl sites for hydroxylation is 1. The zero-order chi connectivity index (χ0) is 28.5. The third-order valence-corrected chi connectivity index (χ3v) is 8.12. The number of alkyl carbamates (subject to hydrolysis) is 1. The summed E-state index contributed by atoms with van der Waals surface area (Å²) in [6.07, 6.45) is 0.416. The van der Waals surface area contributed by atoms with Gasteiger partial charge in [-0.3, -0.25) is 4.79 Å². The minimum absolute atomic E-state index is 0.299. The van der Waals surface area contributed by atoms with Crippen molar-refractivity contribution in [3.05, 3.63) is 88.4 Å². The monoisotopic (exact) mass is 573 g/mol. The van der Waals surface area contributed by atoms with E-state index in [1.807, 2.05) is 30.3 Å². The van der Waals surface area contributed by atoms with Gasteiger partial charge in [-0.1, -0.05) is 60.7 Å². The van der Waals surface area contributed by atoms with Crippen LogP contribution < -0.4 is 10.6 Å². The van der Waals surface area contributed by atoms with E-state index >= 15 is 0 Å². The van der Waals surface area contributed by atoms with E-state index in [1.54, 1.807) is 62.7 Å². The lowest BCUT2D eigenvalue weighted by atomic mass is 10.0. The normalized spacial score (nSPS) is 14.2. The van der Waals surface area contributed by atoms with Gasteiger partial charge in [-0.15, -0.1) is 11.3 Å². The van der Waals surface area contributed by atoms with E-state index in [4.69, 9.17) is 4.74 Å². The van der Waals surface area contributed by atoms with E-state index in [0.717, 1.165) is 5.56 Å². The molecule has 0 radical (unpaired) electrons. The van der Waals surface area contributed by atoms with Crippen molar-refractivity contribution >= 4 is 33.2 Å². The fourth-order valence-corrected chi connectivity index (χ4v) is 6.13. The first-order chi connectivity index (χ1) is 18.4. The van der Waals surface area contributed by atoms with E-state index in [1.165, 1.54) is 11.3 Å². The van der Waals surface area contributed by atoms with Gasteiger partial charge in [0.15, 0.2) is 9.84 Å². The van der Waals surface area contributed by atoms with E-state index < -0.39 is 51.4 Å². The second-order valence-electron chi connectivity index (χ2n) is 10.2. The molecule has 0 spiro atoms. The molecule has 3 aromatic rings. The van der Waals surface area contributed by atoms with Crippen molar-refractivity contribution < 1.29 is 27.9 Å². The zero-order valence-corrected chi connectivity index (χ0v) is 23.9. The SMILES string of the molecule is CC(C)(C)OC(=O)N[C@@H](CS(=O)(=O)Cc1ccccc1)C(=O)N[C@@H](CCc1ccccc1)C(O)c1nccs1. The second-order valence-corrected chi connectivity index (χ2v) is 13.2. The van der Waals surface area contributed by atoms with E-state index in [-0.39, 0.29) is 5.75 Å². The summed E-state index contributed by atoms with van der Waals surface area (Å²) < 4.78 is 31.4. The van der Waals surface area contributed by atoms with Gasteiger partial charge in [0.05, 0.1) is 17.5 Å². The van der Waals surface area contributed by atoms with Crippen LogP contribution in [0.15, 0.2) is 72.2 Å². The highest BCUT2D eigenvalue weighted by Crippen LogP contribution is 2.23. The van der Waals surface area contributed by atoms with Crippen molar-refractivity contribution in [2.45, 2.75) is 63.2 Å². The summed E-state index contributed by atoms with van der Waals surface area (Å²) in [4.78, 5) is 30.2. The van der Waals surface area contributed by atoms with Crippen LogP contribution in [0, 0.1) is 0 Å². The van der Waals surface area contributed by atoms with E-state index in [9.17, 15) is 23.1 Å². The van der Waals surface area contributed by atoms with Gasteiger partial charge in [0.1, 0.15) is 22.8 Å². The maximum Gasteiger partial charge on any atom is 0.408 e. The molecule has 0 aliphatic rings. The summed E-state index contributed by atoms with van der Waals surface area (Å²) in [6, 6.07) is 15.9. The van der Waals surface area contributed by atoms with Crippen LogP contribution in [0.4, 0.5) is 4.79 Å². The number of hydrogen-bond acceptors (Lipinski definition) is 8. The average molecular weight is 574 g/mol. The molecule has 1 heterocycles. The summed E-state index contributed by atoms with van der Waals surface area (Å²) in [7, 11) is -3.83. The molecule has 39 heavy (non-hydrogen) atoms. The third kappa shape index (κ3) is 10.4. The number of nitrogens with zero attached hydrogens (tertiary/aromatic N) is 1. The summed E-state index contributed by atoms with van der Waals surface area (Å²) in [5.41, 5.74) is 0.721. The number of aromatic nitrogens is 1. The fourth-order valence-electron chi connectivity index (χ4n) is 3.89. The van der Waals surface area contributed by atoms with Gasteiger partial charge in [0, 0.05) is 11.6 Å². The standard InChI is InChI=1S/C28H35N3O6S2/c1-28(2,3)37-27(34)31-23(19-39(35,36)18-21-12-8-5-9-13-21)25(33)30-22(24(32)26-29-16-17-38-26)15-14-20-10-6-4-7-11-20/h4-13,16-17,22-24,32H,14-15,18-19H2,1-3H3,(H,30,33)(H,31,34)/t22-,23-,24?/m0/s1. The van der Waals surface area contributed by atoms with Crippen molar-refractivity contribution in [1.82, 2.24) is 15.6 Å². The molecule has 1 unspecified atom stereocenters. The molecule has 0 fully saturated rings.